The van der Waals surface area contributed by atoms with Gasteiger partial charge in [0.15, 0.2) is 0 Å². The second kappa shape index (κ2) is 9.49. The van der Waals surface area contributed by atoms with Crippen molar-refractivity contribution in [1.82, 2.24) is 9.80 Å². The van der Waals surface area contributed by atoms with Crippen molar-refractivity contribution < 1.29 is 13.9 Å². The van der Waals surface area contributed by atoms with Crippen molar-refractivity contribution in [3.8, 4) is 5.75 Å². The molecule has 3 aliphatic rings. The summed E-state index contributed by atoms with van der Waals surface area (Å²) in [5, 5.41) is 2.84. The van der Waals surface area contributed by atoms with Crippen molar-refractivity contribution >= 4 is 11.7 Å². The van der Waals surface area contributed by atoms with E-state index in [1.165, 1.54) is 49.1 Å². The number of carbonyl (C=O) groups excluding carboxylic acids is 1. The molecule has 5 nitrogen and oxygen atoms in total. The Morgan fingerprint density at radius 2 is 1.62 bits per heavy atom. The molecule has 0 radical (unpaired) electrons. The van der Waals surface area contributed by atoms with Crippen molar-refractivity contribution in [2.75, 3.05) is 31.5 Å². The van der Waals surface area contributed by atoms with Gasteiger partial charge < -0.3 is 15.0 Å². The van der Waals surface area contributed by atoms with Crippen LogP contribution in [0.5, 0.6) is 5.75 Å². The van der Waals surface area contributed by atoms with Crippen molar-refractivity contribution in [1.29, 1.82) is 0 Å². The Kier molecular flexibility index (Phi) is 6.30. The minimum atomic E-state index is -0.311. The number of urea groups is 1. The van der Waals surface area contributed by atoms with E-state index in [1.807, 2.05) is 0 Å². The topological polar surface area (TPSA) is 44.8 Å². The Bertz CT molecular complexity index is 937. The molecule has 5 rings (SSSR count). The maximum atomic E-state index is 13.0. The van der Waals surface area contributed by atoms with E-state index >= 15 is 0 Å². The van der Waals surface area contributed by atoms with Crippen molar-refractivity contribution in [2.45, 2.75) is 57.1 Å². The lowest BCUT2D eigenvalue weighted by Gasteiger charge is -2.36. The van der Waals surface area contributed by atoms with Gasteiger partial charge in [0.25, 0.3) is 0 Å². The summed E-state index contributed by atoms with van der Waals surface area (Å²) in [6, 6.07) is 13.1. The molecule has 2 amide bonds. The van der Waals surface area contributed by atoms with Gasteiger partial charge in [-0.2, -0.15) is 0 Å². The van der Waals surface area contributed by atoms with Crippen LogP contribution in [0.2, 0.25) is 0 Å². The number of anilines is 1. The minimum absolute atomic E-state index is 0.125. The number of halogens is 1. The Morgan fingerprint density at radius 3 is 2.31 bits per heavy atom. The molecule has 2 aliphatic heterocycles. The van der Waals surface area contributed by atoms with Crippen molar-refractivity contribution in [3.63, 3.8) is 0 Å². The van der Waals surface area contributed by atoms with Crippen LogP contribution in [-0.2, 0) is 12.8 Å². The van der Waals surface area contributed by atoms with Crippen LogP contribution in [0.1, 0.15) is 43.2 Å². The number of hydrogen-bond donors (Lipinski definition) is 1. The van der Waals surface area contributed by atoms with Crippen molar-refractivity contribution in [2.24, 2.45) is 0 Å². The molecular weight excluding hydrogens is 405 g/mol. The maximum Gasteiger partial charge on any atom is 0.321 e. The normalized spacial score (nSPS) is 20.2. The summed E-state index contributed by atoms with van der Waals surface area (Å²) in [6.07, 6.45) is 8.10. The van der Waals surface area contributed by atoms with E-state index in [2.05, 4.69) is 28.4 Å². The molecule has 2 heterocycles. The fourth-order valence-electron chi connectivity index (χ4n) is 5.01. The first-order valence-corrected chi connectivity index (χ1v) is 12.0. The van der Waals surface area contributed by atoms with E-state index in [9.17, 15) is 9.18 Å². The van der Waals surface area contributed by atoms with Gasteiger partial charge in [-0.3, -0.25) is 4.90 Å². The van der Waals surface area contributed by atoms with Gasteiger partial charge in [-0.05, 0) is 73.2 Å². The average molecular weight is 438 g/mol. The minimum Gasteiger partial charge on any atom is -0.490 e. The number of ether oxygens (including phenoxy) is 1. The summed E-state index contributed by atoms with van der Waals surface area (Å²) in [5.74, 6) is 0.643. The highest BCUT2D eigenvalue weighted by molar-refractivity contribution is 5.89. The first-order valence-electron chi connectivity index (χ1n) is 12.0. The third-order valence-corrected chi connectivity index (χ3v) is 7.23. The molecule has 1 aliphatic carbocycles. The molecule has 6 heteroatoms. The maximum absolute atomic E-state index is 13.0. The monoisotopic (exact) mass is 437 g/mol. The number of hydrogen-bond acceptors (Lipinski definition) is 3. The largest absolute Gasteiger partial charge is 0.490 e. The highest BCUT2D eigenvalue weighted by atomic mass is 19.1. The molecule has 2 fully saturated rings. The van der Waals surface area contributed by atoms with Gasteiger partial charge in [0, 0.05) is 50.7 Å². The number of benzene rings is 2. The van der Waals surface area contributed by atoms with Crippen LogP contribution in [0.15, 0.2) is 42.5 Å². The molecule has 1 N–H and O–H groups in total. The lowest BCUT2D eigenvalue weighted by atomic mass is 9.91. The van der Waals surface area contributed by atoms with Gasteiger partial charge in [0.1, 0.15) is 17.7 Å². The standard InChI is InChI=1S/C26H32FN3O2/c27-21-5-7-22(8-6-21)28-26(31)30-16-12-24(13-17-30)32-25-9-4-19-10-14-29(23-2-1-3-23)15-11-20(19)18-25/h4-9,18,23-24H,1-3,10-17H2,(H,28,31). The van der Waals surface area contributed by atoms with Gasteiger partial charge in [0.05, 0.1) is 0 Å². The molecule has 2 aromatic carbocycles. The summed E-state index contributed by atoms with van der Waals surface area (Å²) < 4.78 is 19.4. The Labute approximate surface area is 189 Å². The Hall–Kier alpha value is -2.60. The number of amides is 2. The third-order valence-electron chi connectivity index (χ3n) is 7.23. The molecule has 0 aromatic heterocycles. The van der Waals surface area contributed by atoms with Gasteiger partial charge in [0.2, 0.25) is 0 Å². The smallest absolute Gasteiger partial charge is 0.321 e. The fourth-order valence-corrected chi connectivity index (χ4v) is 5.01. The van der Waals surface area contributed by atoms with E-state index in [-0.39, 0.29) is 18.0 Å². The molecule has 170 valence electrons. The number of fused-ring (bicyclic) bond motifs is 1. The Morgan fingerprint density at radius 1 is 0.906 bits per heavy atom. The Balaban J connectivity index is 1.12. The third kappa shape index (κ3) is 4.90. The predicted molar refractivity (Wildman–Crippen MR) is 124 cm³/mol. The molecule has 1 saturated carbocycles. The van der Waals surface area contributed by atoms with Crippen LogP contribution in [0.4, 0.5) is 14.9 Å². The predicted octanol–water partition coefficient (Wildman–Crippen LogP) is 4.85. The summed E-state index contributed by atoms with van der Waals surface area (Å²) >= 11 is 0. The van der Waals surface area contributed by atoms with Crippen LogP contribution >= 0.6 is 0 Å². The summed E-state index contributed by atoms with van der Waals surface area (Å²) in [4.78, 5) is 17.0. The molecule has 2 aromatic rings. The molecule has 0 bridgehead atoms. The summed E-state index contributed by atoms with van der Waals surface area (Å²) in [7, 11) is 0. The second-order valence-electron chi connectivity index (χ2n) is 9.29. The zero-order chi connectivity index (χ0) is 21.9. The number of nitrogens with one attached hydrogen (secondary N) is 1. The zero-order valence-corrected chi connectivity index (χ0v) is 18.6. The van der Waals surface area contributed by atoms with Crippen LogP contribution in [0, 0.1) is 5.82 Å². The van der Waals surface area contributed by atoms with Crippen LogP contribution in [-0.4, -0.2) is 54.2 Å². The highest BCUT2D eigenvalue weighted by Crippen LogP contribution is 2.29. The fraction of sp³-hybridized carbons (Fsp3) is 0.500. The second-order valence-corrected chi connectivity index (χ2v) is 9.29. The van der Waals surface area contributed by atoms with Gasteiger partial charge in [-0.25, -0.2) is 9.18 Å². The van der Waals surface area contributed by atoms with Crippen LogP contribution < -0.4 is 10.1 Å². The molecule has 0 spiro atoms. The molecule has 32 heavy (non-hydrogen) atoms. The average Bonchev–Trinajstić information content (AvgIpc) is 2.97. The van der Waals surface area contributed by atoms with E-state index in [0.717, 1.165) is 44.0 Å². The SMILES string of the molecule is O=C(Nc1ccc(F)cc1)N1CCC(Oc2ccc3c(c2)CCN(C2CCC2)CC3)CC1. The summed E-state index contributed by atoms with van der Waals surface area (Å²) in [6.45, 7) is 3.64. The van der Waals surface area contributed by atoms with E-state index < -0.39 is 0 Å². The number of likely N-dealkylation sites (tertiary alicyclic amines) is 1. The molecule has 0 unspecified atom stereocenters. The number of piperidine rings is 1. The molecule has 1 saturated heterocycles. The van der Waals surface area contributed by atoms with Crippen molar-refractivity contribution in [3.05, 3.63) is 59.4 Å². The van der Waals surface area contributed by atoms with Crippen LogP contribution in [0.3, 0.4) is 0 Å². The molecule has 0 atom stereocenters. The van der Waals surface area contributed by atoms with E-state index in [0.29, 0.717) is 18.8 Å². The number of carbonyl (C=O) groups is 1. The van der Waals surface area contributed by atoms with Gasteiger partial charge in [-0.1, -0.05) is 12.5 Å². The lowest BCUT2D eigenvalue weighted by molar-refractivity contribution is 0.115. The van der Waals surface area contributed by atoms with Gasteiger partial charge in [-0.15, -0.1) is 0 Å². The zero-order valence-electron chi connectivity index (χ0n) is 18.6. The van der Waals surface area contributed by atoms with Gasteiger partial charge >= 0.3 is 6.03 Å². The van der Waals surface area contributed by atoms with E-state index in [1.54, 1.807) is 17.0 Å². The summed E-state index contributed by atoms with van der Waals surface area (Å²) in [5.41, 5.74) is 3.50. The quantitative estimate of drug-likeness (QED) is 0.743. The first-order chi connectivity index (χ1) is 15.6. The van der Waals surface area contributed by atoms with Crippen LogP contribution in [0.25, 0.3) is 0 Å². The first kappa shape index (κ1) is 21.3. The lowest BCUT2D eigenvalue weighted by Crippen LogP contribution is -2.43. The number of rotatable bonds is 4. The number of nitrogens with zero attached hydrogens (tertiary/aromatic N) is 2. The highest BCUT2D eigenvalue weighted by Gasteiger charge is 2.27. The molecular formula is C26H32FN3O2. The van der Waals surface area contributed by atoms with E-state index in [4.69, 9.17) is 4.74 Å².